The summed E-state index contributed by atoms with van der Waals surface area (Å²) in [5.41, 5.74) is 6.62. The van der Waals surface area contributed by atoms with Crippen molar-refractivity contribution < 1.29 is 0 Å². The zero-order chi connectivity index (χ0) is 14.4. The number of nitrogens with zero attached hydrogens (tertiary/aromatic N) is 3. The minimum absolute atomic E-state index is 0.808. The molecular weight excluding hydrogens is 316 g/mol. The van der Waals surface area contributed by atoms with E-state index < -0.39 is 0 Å². The SMILES string of the molecule is Cc1nc(N2CCCN(CCCCN)CC2)ccc1Br. The molecule has 1 fully saturated rings. The number of nitrogens with two attached hydrogens (primary N) is 1. The number of aromatic nitrogens is 1. The Kier molecular flexibility index (Phi) is 6.26. The van der Waals surface area contributed by atoms with Gasteiger partial charge in [-0.15, -0.1) is 0 Å². The van der Waals surface area contributed by atoms with Crippen LogP contribution in [0.15, 0.2) is 16.6 Å². The zero-order valence-electron chi connectivity index (χ0n) is 12.3. The first-order valence-corrected chi connectivity index (χ1v) is 8.30. The summed E-state index contributed by atoms with van der Waals surface area (Å²) < 4.78 is 1.08. The van der Waals surface area contributed by atoms with Crippen molar-refractivity contribution in [2.75, 3.05) is 44.2 Å². The number of pyridine rings is 1. The highest BCUT2D eigenvalue weighted by Gasteiger charge is 2.16. The molecule has 5 heteroatoms. The van der Waals surface area contributed by atoms with Crippen LogP contribution in [-0.4, -0.2) is 49.2 Å². The van der Waals surface area contributed by atoms with Crippen LogP contribution in [0.3, 0.4) is 0 Å². The lowest BCUT2D eigenvalue weighted by molar-refractivity contribution is 0.288. The van der Waals surface area contributed by atoms with Gasteiger partial charge in [-0.1, -0.05) is 0 Å². The van der Waals surface area contributed by atoms with Gasteiger partial charge in [0.1, 0.15) is 5.82 Å². The van der Waals surface area contributed by atoms with E-state index in [2.05, 4.69) is 42.8 Å². The minimum Gasteiger partial charge on any atom is -0.355 e. The Balaban J connectivity index is 1.90. The van der Waals surface area contributed by atoms with Crippen molar-refractivity contribution in [2.24, 2.45) is 5.73 Å². The molecule has 2 rings (SSSR count). The summed E-state index contributed by atoms with van der Waals surface area (Å²) in [6, 6.07) is 4.21. The predicted octanol–water partition coefficient (Wildman–Crippen LogP) is 2.40. The molecule has 0 saturated carbocycles. The maximum Gasteiger partial charge on any atom is 0.128 e. The van der Waals surface area contributed by atoms with Crippen LogP contribution in [0.1, 0.15) is 25.0 Å². The highest BCUT2D eigenvalue weighted by atomic mass is 79.9. The van der Waals surface area contributed by atoms with Crippen molar-refractivity contribution in [1.82, 2.24) is 9.88 Å². The number of aryl methyl sites for hydroxylation is 1. The van der Waals surface area contributed by atoms with Crippen molar-refractivity contribution in [3.05, 3.63) is 22.3 Å². The second kappa shape index (κ2) is 7.96. The van der Waals surface area contributed by atoms with Crippen LogP contribution in [0.4, 0.5) is 5.82 Å². The van der Waals surface area contributed by atoms with Crippen LogP contribution in [0.5, 0.6) is 0 Å². The molecule has 0 bridgehead atoms. The summed E-state index contributed by atoms with van der Waals surface area (Å²) in [6.45, 7) is 8.51. The van der Waals surface area contributed by atoms with Gasteiger partial charge in [0.15, 0.2) is 0 Å². The molecule has 1 aliphatic heterocycles. The summed E-state index contributed by atoms with van der Waals surface area (Å²) >= 11 is 3.51. The average Bonchev–Trinajstić information content (AvgIpc) is 2.68. The third-order valence-electron chi connectivity index (χ3n) is 3.85. The summed E-state index contributed by atoms with van der Waals surface area (Å²) in [4.78, 5) is 9.64. The van der Waals surface area contributed by atoms with E-state index in [0.29, 0.717) is 0 Å². The molecule has 20 heavy (non-hydrogen) atoms. The third-order valence-corrected chi connectivity index (χ3v) is 4.69. The Morgan fingerprint density at radius 2 is 2.05 bits per heavy atom. The normalized spacial score (nSPS) is 17.2. The predicted molar refractivity (Wildman–Crippen MR) is 88.2 cm³/mol. The van der Waals surface area contributed by atoms with E-state index >= 15 is 0 Å². The molecule has 0 aromatic carbocycles. The topological polar surface area (TPSA) is 45.4 Å². The monoisotopic (exact) mass is 340 g/mol. The van der Waals surface area contributed by atoms with Crippen molar-refractivity contribution in [1.29, 1.82) is 0 Å². The fourth-order valence-electron chi connectivity index (χ4n) is 2.61. The van der Waals surface area contributed by atoms with E-state index in [1.165, 1.54) is 25.9 Å². The molecule has 0 aliphatic carbocycles. The molecular formula is C15H25BrN4. The number of hydrogen-bond donors (Lipinski definition) is 1. The van der Waals surface area contributed by atoms with Crippen molar-refractivity contribution >= 4 is 21.7 Å². The lowest BCUT2D eigenvalue weighted by Crippen LogP contribution is -2.32. The highest BCUT2D eigenvalue weighted by Crippen LogP contribution is 2.20. The van der Waals surface area contributed by atoms with Gasteiger partial charge in [-0.25, -0.2) is 4.98 Å². The molecule has 0 amide bonds. The molecule has 2 N–H and O–H groups in total. The largest absolute Gasteiger partial charge is 0.355 e. The molecule has 4 nitrogen and oxygen atoms in total. The number of unbranched alkanes of at least 4 members (excludes halogenated alkanes) is 1. The second-order valence-electron chi connectivity index (χ2n) is 5.41. The van der Waals surface area contributed by atoms with Crippen LogP contribution in [0.2, 0.25) is 0 Å². The van der Waals surface area contributed by atoms with Crippen LogP contribution >= 0.6 is 15.9 Å². The van der Waals surface area contributed by atoms with Gasteiger partial charge < -0.3 is 15.5 Å². The number of hydrogen-bond acceptors (Lipinski definition) is 4. The molecule has 2 heterocycles. The molecule has 1 saturated heterocycles. The van der Waals surface area contributed by atoms with Gasteiger partial charge in [0.25, 0.3) is 0 Å². The van der Waals surface area contributed by atoms with Crippen LogP contribution in [-0.2, 0) is 0 Å². The molecule has 112 valence electrons. The Bertz CT molecular complexity index is 424. The highest BCUT2D eigenvalue weighted by molar-refractivity contribution is 9.10. The van der Waals surface area contributed by atoms with E-state index in [4.69, 9.17) is 5.73 Å². The fraction of sp³-hybridized carbons (Fsp3) is 0.667. The van der Waals surface area contributed by atoms with Gasteiger partial charge in [-0.3, -0.25) is 0 Å². The Morgan fingerprint density at radius 1 is 1.20 bits per heavy atom. The minimum atomic E-state index is 0.808. The maximum atomic E-state index is 5.56. The fourth-order valence-corrected chi connectivity index (χ4v) is 2.83. The number of halogens is 1. The summed E-state index contributed by atoms with van der Waals surface area (Å²) in [5, 5.41) is 0. The summed E-state index contributed by atoms with van der Waals surface area (Å²) in [7, 11) is 0. The van der Waals surface area contributed by atoms with E-state index in [-0.39, 0.29) is 0 Å². The number of anilines is 1. The van der Waals surface area contributed by atoms with Gasteiger partial charge in [0, 0.05) is 24.1 Å². The second-order valence-corrected chi connectivity index (χ2v) is 6.27. The van der Waals surface area contributed by atoms with Gasteiger partial charge >= 0.3 is 0 Å². The Hall–Kier alpha value is -0.650. The van der Waals surface area contributed by atoms with Crippen molar-refractivity contribution in [2.45, 2.75) is 26.2 Å². The van der Waals surface area contributed by atoms with E-state index in [1.54, 1.807) is 0 Å². The van der Waals surface area contributed by atoms with Gasteiger partial charge in [0.05, 0.1) is 5.69 Å². The van der Waals surface area contributed by atoms with Crippen molar-refractivity contribution in [3.8, 4) is 0 Å². The van der Waals surface area contributed by atoms with E-state index in [0.717, 1.165) is 48.6 Å². The first-order valence-electron chi connectivity index (χ1n) is 7.51. The Morgan fingerprint density at radius 3 is 2.80 bits per heavy atom. The zero-order valence-corrected chi connectivity index (χ0v) is 13.9. The summed E-state index contributed by atoms with van der Waals surface area (Å²) in [5.74, 6) is 1.11. The molecule has 0 atom stereocenters. The lowest BCUT2D eigenvalue weighted by Gasteiger charge is -2.23. The molecule has 1 aliphatic rings. The molecule has 0 spiro atoms. The molecule has 1 aromatic rings. The molecule has 1 aromatic heterocycles. The van der Waals surface area contributed by atoms with Gasteiger partial charge in [-0.05, 0) is 73.9 Å². The summed E-state index contributed by atoms with van der Waals surface area (Å²) in [6.07, 6.45) is 3.55. The molecule has 0 unspecified atom stereocenters. The first-order chi connectivity index (χ1) is 9.70. The van der Waals surface area contributed by atoms with Crippen LogP contribution in [0.25, 0.3) is 0 Å². The Labute approximate surface area is 130 Å². The van der Waals surface area contributed by atoms with E-state index in [1.807, 2.05) is 6.92 Å². The van der Waals surface area contributed by atoms with Crippen LogP contribution < -0.4 is 10.6 Å². The lowest BCUT2D eigenvalue weighted by atomic mass is 10.3. The smallest absolute Gasteiger partial charge is 0.128 e. The maximum absolute atomic E-state index is 5.56. The van der Waals surface area contributed by atoms with Crippen molar-refractivity contribution in [3.63, 3.8) is 0 Å². The molecule has 0 radical (unpaired) electrons. The van der Waals surface area contributed by atoms with Crippen LogP contribution in [0, 0.1) is 6.92 Å². The first kappa shape index (κ1) is 15.7. The third kappa shape index (κ3) is 4.43. The number of rotatable bonds is 5. The quantitative estimate of drug-likeness (QED) is 0.836. The van der Waals surface area contributed by atoms with Gasteiger partial charge in [-0.2, -0.15) is 0 Å². The average molecular weight is 341 g/mol. The van der Waals surface area contributed by atoms with Gasteiger partial charge in [0.2, 0.25) is 0 Å². The van der Waals surface area contributed by atoms with E-state index in [9.17, 15) is 0 Å². The standard InChI is InChI=1S/C15H25BrN4/c1-13-14(16)5-6-15(18-13)20-10-4-9-19(11-12-20)8-3-2-7-17/h5-6H,2-4,7-12,17H2,1H3.